The number of likely N-dealkylation sites (N-methyl/N-ethyl adjacent to an activating group) is 1. The number of piperazine rings is 1. The first-order valence-electron chi connectivity index (χ1n) is 11.1. The Morgan fingerprint density at radius 2 is 1.73 bits per heavy atom. The van der Waals surface area contributed by atoms with Crippen LogP contribution in [-0.4, -0.2) is 87.7 Å². The van der Waals surface area contributed by atoms with Gasteiger partial charge in [0.15, 0.2) is 5.96 Å². The van der Waals surface area contributed by atoms with E-state index in [0.29, 0.717) is 0 Å². The monoisotopic (exact) mass is 529 g/mol. The van der Waals surface area contributed by atoms with Crippen LogP contribution in [0.1, 0.15) is 30.4 Å². The number of hydrogen-bond acceptors (Lipinski definition) is 4. The number of rotatable bonds is 7. The predicted molar refractivity (Wildman–Crippen MR) is 136 cm³/mol. The lowest BCUT2D eigenvalue weighted by Gasteiger charge is -2.32. The van der Waals surface area contributed by atoms with Gasteiger partial charge in [0.25, 0.3) is 0 Å². The van der Waals surface area contributed by atoms with Gasteiger partial charge in [-0.05, 0) is 43.4 Å². The van der Waals surface area contributed by atoms with E-state index in [4.69, 9.17) is 4.74 Å². The van der Waals surface area contributed by atoms with E-state index in [1.807, 2.05) is 7.05 Å². The molecule has 3 rings (SSSR count). The SMILES string of the molecule is CN=C(NCc1ccc(CN2CCN(C)CC2)cc1)N(C)CCC1CCOCC1.I. The van der Waals surface area contributed by atoms with Gasteiger partial charge in [-0.3, -0.25) is 9.89 Å². The van der Waals surface area contributed by atoms with Gasteiger partial charge in [-0.2, -0.15) is 0 Å². The number of hydrogen-bond donors (Lipinski definition) is 1. The third-order valence-electron chi connectivity index (χ3n) is 6.26. The molecular formula is C23H40IN5O. The molecule has 2 fully saturated rings. The van der Waals surface area contributed by atoms with E-state index in [0.717, 1.165) is 57.8 Å². The Bertz CT molecular complexity index is 625. The third kappa shape index (κ3) is 8.32. The van der Waals surface area contributed by atoms with Gasteiger partial charge < -0.3 is 19.9 Å². The standard InChI is InChI=1S/C23H39N5O.HI/c1-24-23(27(3)11-8-20-9-16-29-17-10-20)25-18-21-4-6-22(7-5-21)19-28-14-12-26(2)13-15-28;/h4-7,20H,8-19H2,1-3H3,(H,24,25);1H. The summed E-state index contributed by atoms with van der Waals surface area (Å²) in [5.74, 6) is 1.76. The molecule has 0 radical (unpaired) electrons. The summed E-state index contributed by atoms with van der Waals surface area (Å²) in [5, 5.41) is 3.51. The maximum Gasteiger partial charge on any atom is 0.193 e. The van der Waals surface area contributed by atoms with Crippen molar-refractivity contribution in [3.63, 3.8) is 0 Å². The first-order chi connectivity index (χ1) is 14.1. The van der Waals surface area contributed by atoms with Gasteiger partial charge >= 0.3 is 0 Å². The van der Waals surface area contributed by atoms with Crippen molar-refractivity contribution < 1.29 is 4.74 Å². The van der Waals surface area contributed by atoms with E-state index >= 15 is 0 Å². The van der Waals surface area contributed by atoms with Crippen LogP contribution < -0.4 is 5.32 Å². The molecule has 0 saturated carbocycles. The van der Waals surface area contributed by atoms with Crippen molar-refractivity contribution >= 4 is 29.9 Å². The highest BCUT2D eigenvalue weighted by atomic mass is 127. The van der Waals surface area contributed by atoms with Crippen molar-refractivity contribution in [3.05, 3.63) is 35.4 Å². The molecule has 170 valence electrons. The summed E-state index contributed by atoms with van der Waals surface area (Å²) in [6.45, 7) is 9.41. The van der Waals surface area contributed by atoms with E-state index in [2.05, 4.69) is 63.4 Å². The van der Waals surface area contributed by atoms with E-state index in [-0.39, 0.29) is 24.0 Å². The summed E-state index contributed by atoms with van der Waals surface area (Å²) in [7, 11) is 6.20. The van der Waals surface area contributed by atoms with Crippen LogP contribution in [0.25, 0.3) is 0 Å². The zero-order chi connectivity index (χ0) is 20.5. The van der Waals surface area contributed by atoms with E-state index in [1.165, 1.54) is 43.5 Å². The normalized spacial score (nSPS) is 19.4. The second kappa shape index (κ2) is 13.5. The minimum Gasteiger partial charge on any atom is -0.381 e. The number of guanidine groups is 1. The van der Waals surface area contributed by atoms with Gasteiger partial charge in [-0.1, -0.05) is 24.3 Å². The number of halogens is 1. The first kappa shape index (κ1) is 25.4. The maximum absolute atomic E-state index is 5.46. The molecule has 6 nitrogen and oxygen atoms in total. The summed E-state index contributed by atoms with van der Waals surface area (Å²) in [6.07, 6.45) is 3.60. The highest BCUT2D eigenvalue weighted by molar-refractivity contribution is 14.0. The van der Waals surface area contributed by atoms with Gasteiger partial charge in [-0.25, -0.2) is 0 Å². The minimum atomic E-state index is 0. The highest BCUT2D eigenvalue weighted by Gasteiger charge is 2.16. The Labute approximate surface area is 200 Å². The lowest BCUT2D eigenvalue weighted by atomic mass is 9.96. The fourth-order valence-corrected chi connectivity index (χ4v) is 4.11. The Balaban J connectivity index is 0.00000320. The number of aliphatic imine (C=N–C) groups is 1. The maximum atomic E-state index is 5.46. The Morgan fingerprint density at radius 1 is 1.10 bits per heavy atom. The van der Waals surface area contributed by atoms with Crippen molar-refractivity contribution in [1.29, 1.82) is 0 Å². The largest absolute Gasteiger partial charge is 0.381 e. The molecule has 1 aromatic rings. The molecule has 0 atom stereocenters. The molecule has 2 aliphatic heterocycles. The fourth-order valence-electron chi connectivity index (χ4n) is 4.11. The third-order valence-corrected chi connectivity index (χ3v) is 6.26. The topological polar surface area (TPSA) is 43.3 Å². The summed E-state index contributed by atoms with van der Waals surface area (Å²) >= 11 is 0. The average Bonchev–Trinajstić information content (AvgIpc) is 2.76. The summed E-state index contributed by atoms with van der Waals surface area (Å²) in [4.78, 5) is 11.7. The van der Waals surface area contributed by atoms with Gasteiger partial charge in [0, 0.05) is 73.1 Å². The molecule has 0 aliphatic carbocycles. The quantitative estimate of drug-likeness (QED) is 0.335. The van der Waals surface area contributed by atoms with Crippen molar-refractivity contribution in [2.45, 2.75) is 32.4 Å². The van der Waals surface area contributed by atoms with Gasteiger partial charge in [0.2, 0.25) is 0 Å². The molecule has 1 aromatic carbocycles. The molecule has 0 aromatic heterocycles. The van der Waals surface area contributed by atoms with Crippen LogP contribution in [0.15, 0.2) is 29.3 Å². The fraction of sp³-hybridized carbons (Fsp3) is 0.696. The van der Waals surface area contributed by atoms with Crippen molar-refractivity contribution in [1.82, 2.24) is 20.0 Å². The molecular weight excluding hydrogens is 489 g/mol. The molecule has 2 saturated heterocycles. The summed E-state index contributed by atoms with van der Waals surface area (Å²) in [5.41, 5.74) is 2.70. The number of nitrogens with zero attached hydrogens (tertiary/aromatic N) is 4. The van der Waals surface area contributed by atoms with Crippen LogP contribution in [0, 0.1) is 5.92 Å². The molecule has 0 spiro atoms. The summed E-state index contributed by atoms with van der Waals surface area (Å²) in [6, 6.07) is 9.03. The Hall–Kier alpha value is -0.900. The van der Waals surface area contributed by atoms with Crippen LogP contribution >= 0.6 is 24.0 Å². The molecule has 30 heavy (non-hydrogen) atoms. The highest BCUT2D eigenvalue weighted by Crippen LogP contribution is 2.18. The minimum absolute atomic E-state index is 0. The Morgan fingerprint density at radius 3 is 2.37 bits per heavy atom. The van der Waals surface area contributed by atoms with Crippen molar-refractivity contribution in [2.75, 3.05) is 67.1 Å². The van der Waals surface area contributed by atoms with Crippen LogP contribution in [0.3, 0.4) is 0 Å². The van der Waals surface area contributed by atoms with E-state index in [9.17, 15) is 0 Å². The zero-order valence-electron chi connectivity index (χ0n) is 19.0. The van der Waals surface area contributed by atoms with Gasteiger partial charge in [0.1, 0.15) is 0 Å². The smallest absolute Gasteiger partial charge is 0.193 e. The zero-order valence-corrected chi connectivity index (χ0v) is 21.3. The van der Waals surface area contributed by atoms with Gasteiger partial charge in [0.05, 0.1) is 0 Å². The Kier molecular flexibility index (Phi) is 11.4. The molecule has 0 unspecified atom stereocenters. The second-order valence-electron chi connectivity index (χ2n) is 8.56. The van der Waals surface area contributed by atoms with E-state index < -0.39 is 0 Å². The molecule has 2 heterocycles. The molecule has 1 N–H and O–H groups in total. The second-order valence-corrected chi connectivity index (χ2v) is 8.56. The molecule has 2 aliphatic rings. The lowest BCUT2D eigenvalue weighted by Crippen LogP contribution is -2.43. The average molecular weight is 530 g/mol. The molecule has 0 amide bonds. The first-order valence-corrected chi connectivity index (χ1v) is 11.1. The predicted octanol–water partition coefficient (Wildman–Crippen LogP) is 2.88. The summed E-state index contributed by atoms with van der Waals surface area (Å²) < 4.78 is 5.46. The van der Waals surface area contributed by atoms with Crippen LogP contribution in [0.5, 0.6) is 0 Å². The van der Waals surface area contributed by atoms with Gasteiger partial charge in [-0.15, -0.1) is 24.0 Å². The van der Waals surface area contributed by atoms with Crippen molar-refractivity contribution in [2.24, 2.45) is 10.9 Å². The molecule has 0 bridgehead atoms. The lowest BCUT2D eigenvalue weighted by molar-refractivity contribution is 0.0625. The molecule has 7 heteroatoms. The van der Waals surface area contributed by atoms with Crippen LogP contribution in [0.4, 0.5) is 0 Å². The van der Waals surface area contributed by atoms with Crippen LogP contribution in [0.2, 0.25) is 0 Å². The number of ether oxygens (including phenoxy) is 1. The van der Waals surface area contributed by atoms with E-state index in [1.54, 1.807) is 0 Å². The number of benzene rings is 1. The van der Waals surface area contributed by atoms with Crippen LogP contribution in [-0.2, 0) is 17.8 Å². The van der Waals surface area contributed by atoms with Crippen molar-refractivity contribution in [3.8, 4) is 0 Å². The number of nitrogens with one attached hydrogen (secondary N) is 1.